The Balaban J connectivity index is 1.70. The van der Waals surface area contributed by atoms with E-state index >= 15 is 0 Å². The van der Waals surface area contributed by atoms with Gasteiger partial charge in [0.25, 0.3) is 11.8 Å². The molecule has 0 amide bonds. The maximum absolute atomic E-state index is 13.1. The molecule has 2 aromatic carbocycles. The Labute approximate surface area is 170 Å². The molecule has 0 spiro atoms. The fraction of sp³-hybridized carbons (Fsp3) is 0.150. The molecule has 0 aliphatic heterocycles. The van der Waals surface area contributed by atoms with E-state index in [4.69, 9.17) is 4.52 Å². The summed E-state index contributed by atoms with van der Waals surface area (Å²) in [6, 6.07) is 16.4. The van der Waals surface area contributed by atoms with Gasteiger partial charge in [0.15, 0.2) is 11.7 Å². The van der Waals surface area contributed by atoms with Crippen molar-refractivity contribution in [3.05, 3.63) is 71.1 Å². The molecule has 0 saturated heterocycles. The number of aromatic nitrogens is 4. The van der Waals surface area contributed by atoms with E-state index in [1.165, 1.54) is 9.25 Å². The van der Waals surface area contributed by atoms with E-state index in [0.29, 0.717) is 28.3 Å². The van der Waals surface area contributed by atoms with Crippen LogP contribution in [0, 0.1) is 0 Å². The van der Waals surface area contributed by atoms with Gasteiger partial charge in [-0.1, -0.05) is 46.8 Å². The lowest BCUT2D eigenvalue weighted by molar-refractivity contribution is -0.759. The normalized spacial score (nSPS) is 11.8. The van der Waals surface area contributed by atoms with Crippen LogP contribution in [0.25, 0.3) is 16.6 Å². The third-order valence-corrected chi connectivity index (χ3v) is 5.06. The first-order chi connectivity index (χ1) is 14.2. The van der Waals surface area contributed by atoms with E-state index in [2.05, 4.69) is 15.2 Å². The maximum atomic E-state index is 13.1. The molecule has 8 nitrogen and oxygen atoms in total. The van der Waals surface area contributed by atoms with E-state index in [9.17, 15) is 9.90 Å². The lowest BCUT2D eigenvalue weighted by Crippen LogP contribution is -2.32. The molecule has 0 aliphatic rings. The molecule has 0 aliphatic carbocycles. The predicted octanol–water partition coefficient (Wildman–Crippen LogP) is 1.86. The fourth-order valence-electron chi connectivity index (χ4n) is 2.76. The molecule has 4 aromatic rings. The Bertz CT molecular complexity index is 1230. The summed E-state index contributed by atoms with van der Waals surface area (Å²) in [4.78, 5) is 21.6. The van der Waals surface area contributed by atoms with Gasteiger partial charge in [0, 0.05) is 5.75 Å². The monoisotopic (exact) mass is 407 g/mol. The summed E-state index contributed by atoms with van der Waals surface area (Å²) in [7, 11) is 0. The van der Waals surface area contributed by atoms with Gasteiger partial charge < -0.3 is 5.11 Å². The van der Waals surface area contributed by atoms with Crippen LogP contribution < -0.4 is 15.3 Å². The number of hydrogen-bond acceptors (Lipinski definition) is 7. The van der Waals surface area contributed by atoms with Crippen LogP contribution in [-0.4, -0.2) is 26.5 Å². The number of aliphatic imine (C=N–C) groups is 1. The molecule has 2 heterocycles. The van der Waals surface area contributed by atoms with Gasteiger partial charge in [0.05, 0.1) is 16.6 Å². The van der Waals surface area contributed by atoms with Crippen molar-refractivity contribution in [3.8, 4) is 5.69 Å². The van der Waals surface area contributed by atoms with Crippen molar-refractivity contribution >= 4 is 34.4 Å². The minimum absolute atomic E-state index is 0.00440. The molecule has 0 N–H and O–H groups in total. The van der Waals surface area contributed by atoms with Crippen molar-refractivity contribution in [1.29, 1.82) is 0 Å². The van der Waals surface area contributed by atoms with E-state index in [1.807, 2.05) is 43.3 Å². The number of aryl methyl sites for hydroxylation is 1. The topological polar surface area (TPSA) is 100 Å². The zero-order valence-electron chi connectivity index (χ0n) is 15.6. The second-order valence-corrected chi connectivity index (χ2v) is 7.02. The summed E-state index contributed by atoms with van der Waals surface area (Å²) in [6.45, 7) is 2.52. The van der Waals surface area contributed by atoms with Gasteiger partial charge in [0.1, 0.15) is 0 Å². The van der Waals surface area contributed by atoms with Crippen molar-refractivity contribution in [2.45, 2.75) is 18.6 Å². The highest BCUT2D eigenvalue weighted by molar-refractivity contribution is 7.99. The van der Waals surface area contributed by atoms with Gasteiger partial charge in [-0.05, 0) is 37.1 Å². The molecule has 0 atom stereocenters. The molecule has 0 saturated carbocycles. The molecule has 0 bridgehead atoms. The number of fused-ring (bicyclic) bond motifs is 1. The SMILES string of the molecule is CC[n+]1cc(/N=C(\[O-])CSc2nc3ccccc3c(=O)n2-c2ccccc2)on1. The molecule has 146 valence electrons. The van der Waals surface area contributed by atoms with Crippen molar-refractivity contribution in [3.63, 3.8) is 0 Å². The lowest BCUT2D eigenvalue weighted by atomic mass is 10.2. The van der Waals surface area contributed by atoms with Gasteiger partial charge >= 0.3 is 5.88 Å². The van der Waals surface area contributed by atoms with Gasteiger partial charge in [-0.3, -0.25) is 13.9 Å². The Hall–Kier alpha value is -3.46. The molecule has 4 rings (SSSR count). The van der Waals surface area contributed by atoms with Crippen LogP contribution in [0.2, 0.25) is 0 Å². The number of nitrogens with zero attached hydrogens (tertiary/aromatic N) is 5. The zero-order valence-corrected chi connectivity index (χ0v) is 16.4. The minimum atomic E-state index is -0.406. The third kappa shape index (κ3) is 4.04. The van der Waals surface area contributed by atoms with E-state index in [-0.39, 0.29) is 17.2 Å². The summed E-state index contributed by atoms with van der Waals surface area (Å²) in [5.74, 6) is -0.259. The minimum Gasteiger partial charge on any atom is -0.861 e. The second kappa shape index (κ2) is 8.27. The van der Waals surface area contributed by atoms with Crippen LogP contribution in [0.1, 0.15) is 6.92 Å². The quantitative estimate of drug-likeness (QED) is 0.159. The van der Waals surface area contributed by atoms with Gasteiger partial charge in [0.2, 0.25) is 5.27 Å². The van der Waals surface area contributed by atoms with Crippen molar-refractivity contribution in [1.82, 2.24) is 14.8 Å². The highest BCUT2D eigenvalue weighted by Crippen LogP contribution is 2.21. The average Bonchev–Trinajstić information content (AvgIpc) is 3.20. The number of para-hydroxylation sites is 2. The summed E-state index contributed by atoms with van der Waals surface area (Å²) >= 11 is 1.15. The van der Waals surface area contributed by atoms with Crippen LogP contribution in [0.15, 0.2) is 80.3 Å². The molecule has 0 radical (unpaired) electrons. The highest BCUT2D eigenvalue weighted by atomic mass is 32.2. The lowest BCUT2D eigenvalue weighted by Gasteiger charge is -2.14. The molecule has 0 fully saturated rings. The largest absolute Gasteiger partial charge is 0.861 e. The number of rotatable bonds is 6. The fourth-order valence-corrected chi connectivity index (χ4v) is 3.56. The summed E-state index contributed by atoms with van der Waals surface area (Å²) in [6.07, 6.45) is 1.55. The first kappa shape index (κ1) is 18.9. The van der Waals surface area contributed by atoms with Crippen LogP contribution in [-0.2, 0) is 6.54 Å². The van der Waals surface area contributed by atoms with Crippen molar-refractivity contribution < 1.29 is 14.3 Å². The first-order valence-electron chi connectivity index (χ1n) is 8.96. The van der Waals surface area contributed by atoms with E-state index in [1.54, 1.807) is 24.4 Å². The van der Waals surface area contributed by atoms with Crippen LogP contribution in [0.4, 0.5) is 5.88 Å². The standard InChI is InChI=1S/C20H17N5O3S/c1-2-24-12-18(28-23-24)22-17(26)13-29-20-21-16-11-7-6-10-15(16)19(27)25(20)14-8-4-3-5-9-14/h3-12H,2,13H2,1H3. The Morgan fingerprint density at radius 1 is 1.21 bits per heavy atom. The predicted molar refractivity (Wildman–Crippen MR) is 108 cm³/mol. The number of hydrogen-bond donors (Lipinski definition) is 0. The molecule has 2 aromatic heterocycles. The molecule has 0 unspecified atom stereocenters. The average molecular weight is 407 g/mol. The smallest absolute Gasteiger partial charge is 0.320 e. The van der Waals surface area contributed by atoms with Crippen molar-refractivity contribution in [2.75, 3.05) is 5.75 Å². The Morgan fingerprint density at radius 3 is 2.72 bits per heavy atom. The molecule has 9 heteroatoms. The molecule has 29 heavy (non-hydrogen) atoms. The van der Waals surface area contributed by atoms with Crippen LogP contribution in [0.5, 0.6) is 0 Å². The van der Waals surface area contributed by atoms with Gasteiger partial charge in [-0.15, -0.1) is 0 Å². The van der Waals surface area contributed by atoms with Gasteiger partial charge in [-0.25, -0.2) is 9.98 Å². The van der Waals surface area contributed by atoms with Crippen LogP contribution in [0.3, 0.4) is 0 Å². The van der Waals surface area contributed by atoms with Gasteiger partial charge in [-0.2, -0.15) is 0 Å². The van der Waals surface area contributed by atoms with Crippen LogP contribution >= 0.6 is 11.8 Å². The first-order valence-corrected chi connectivity index (χ1v) is 9.95. The zero-order chi connectivity index (χ0) is 20.2. The Morgan fingerprint density at radius 2 is 1.97 bits per heavy atom. The molecular formula is C20H17N5O3S. The Kier molecular flexibility index (Phi) is 5.39. The summed E-state index contributed by atoms with van der Waals surface area (Å²) in [5, 5.41) is 17.0. The summed E-state index contributed by atoms with van der Waals surface area (Å²) in [5.41, 5.74) is 1.07. The summed E-state index contributed by atoms with van der Waals surface area (Å²) < 4.78 is 8.05. The third-order valence-electron chi connectivity index (χ3n) is 4.14. The number of benzene rings is 2. The van der Waals surface area contributed by atoms with E-state index < -0.39 is 5.90 Å². The number of thioether (sulfide) groups is 1. The van der Waals surface area contributed by atoms with E-state index in [0.717, 1.165) is 11.8 Å². The molecular weight excluding hydrogens is 390 g/mol. The second-order valence-electron chi connectivity index (χ2n) is 6.08. The highest BCUT2D eigenvalue weighted by Gasteiger charge is 2.13. The van der Waals surface area contributed by atoms with Crippen molar-refractivity contribution in [2.24, 2.45) is 4.99 Å². The maximum Gasteiger partial charge on any atom is 0.320 e.